The zero-order chi connectivity index (χ0) is 26.0. The van der Waals surface area contributed by atoms with Crippen molar-refractivity contribution in [3.63, 3.8) is 0 Å². The van der Waals surface area contributed by atoms with Gasteiger partial charge in [0.1, 0.15) is 17.2 Å². The van der Waals surface area contributed by atoms with Crippen LogP contribution in [0.4, 0.5) is 18.0 Å². The molecule has 0 saturated carbocycles. The fourth-order valence-electron chi connectivity index (χ4n) is 3.48. The van der Waals surface area contributed by atoms with Gasteiger partial charge >= 0.3 is 6.36 Å². The van der Waals surface area contributed by atoms with Crippen LogP contribution in [0.1, 0.15) is 13.8 Å². The summed E-state index contributed by atoms with van der Waals surface area (Å²) < 4.78 is 71.3. The second kappa shape index (κ2) is 9.95. The predicted octanol–water partition coefficient (Wildman–Crippen LogP) is 3.97. The number of halogens is 3. The van der Waals surface area contributed by atoms with Gasteiger partial charge in [0, 0.05) is 4.75 Å². The SMILES string of the molecule is CC1(C)SC(=O)N[C@H]1[C@H](CS(=O)(=O)c1ccc(Oc2ccc(OC(F)(F)F)cc2)cc1)N(O)C=O. The molecule has 1 fully saturated rings. The number of amides is 2. The Morgan fingerprint density at radius 2 is 1.63 bits per heavy atom. The first kappa shape index (κ1) is 26.6. The second-order valence-corrected chi connectivity index (χ2v) is 11.7. The van der Waals surface area contributed by atoms with Gasteiger partial charge in [-0.05, 0) is 62.4 Å². The van der Waals surface area contributed by atoms with Crippen LogP contribution in [0.15, 0.2) is 53.4 Å². The lowest BCUT2D eigenvalue weighted by Crippen LogP contribution is -2.56. The molecule has 0 aliphatic carbocycles. The highest BCUT2D eigenvalue weighted by Crippen LogP contribution is 2.38. The molecule has 0 spiro atoms. The average molecular weight is 535 g/mol. The largest absolute Gasteiger partial charge is 0.573 e. The topological polar surface area (TPSA) is 122 Å². The maximum atomic E-state index is 13.0. The molecular weight excluding hydrogens is 513 g/mol. The van der Waals surface area contributed by atoms with Gasteiger partial charge in [-0.25, -0.2) is 13.5 Å². The van der Waals surface area contributed by atoms with Crippen molar-refractivity contribution in [1.29, 1.82) is 0 Å². The van der Waals surface area contributed by atoms with Crippen LogP contribution < -0.4 is 14.8 Å². The number of benzene rings is 2. The molecule has 1 saturated heterocycles. The van der Waals surface area contributed by atoms with Crippen LogP contribution in [0.25, 0.3) is 0 Å². The summed E-state index contributed by atoms with van der Waals surface area (Å²) in [5.74, 6) is -0.692. The molecule has 1 heterocycles. The third-order valence-corrected chi connectivity index (χ3v) is 7.93. The van der Waals surface area contributed by atoms with Crippen LogP contribution >= 0.6 is 11.8 Å². The number of ether oxygens (including phenoxy) is 2. The number of hydrogen-bond donors (Lipinski definition) is 2. The zero-order valence-electron chi connectivity index (χ0n) is 18.4. The second-order valence-electron chi connectivity index (χ2n) is 8.04. The molecule has 14 heteroatoms. The van der Waals surface area contributed by atoms with E-state index in [2.05, 4.69) is 10.1 Å². The number of hydroxylamine groups is 2. The van der Waals surface area contributed by atoms with Gasteiger partial charge in [0.2, 0.25) is 6.41 Å². The zero-order valence-corrected chi connectivity index (χ0v) is 20.0. The maximum absolute atomic E-state index is 13.0. The van der Waals surface area contributed by atoms with Gasteiger partial charge in [0.15, 0.2) is 9.84 Å². The quantitative estimate of drug-likeness (QED) is 0.282. The minimum atomic E-state index is -4.82. The summed E-state index contributed by atoms with van der Waals surface area (Å²) in [4.78, 5) is 22.9. The number of sulfone groups is 1. The summed E-state index contributed by atoms with van der Waals surface area (Å²) in [6.07, 6.45) is -4.74. The normalized spacial score (nSPS) is 18.5. The maximum Gasteiger partial charge on any atom is 0.573 e. The molecule has 1 aliphatic rings. The van der Waals surface area contributed by atoms with Crippen molar-refractivity contribution in [1.82, 2.24) is 10.4 Å². The van der Waals surface area contributed by atoms with Gasteiger partial charge in [-0.3, -0.25) is 14.8 Å². The van der Waals surface area contributed by atoms with Crippen molar-refractivity contribution in [3.8, 4) is 17.2 Å². The summed E-state index contributed by atoms with van der Waals surface area (Å²) in [5, 5.41) is 12.5. The van der Waals surface area contributed by atoms with E-state index in [4.69, 9.17) is 4.74 Å². The number of nitrogens with one attached hydrogen (secondary N) is 1. The minimum Gasteiger partial charge on any atom is -0.457 e. The van der Waals surface area contributed by atoms with Gasteiger partial charge in [0.05, 0.1) is 22.7 Å². The first-order valence-electron chi connectivity index (χ1n) is 9.99. The van der Waals surface area contributed by atoms with E-state index in [9.17, 15) is 36.4 Å². The molecule has 0 aromatic heterocycles. The molecule has 2 amide bonds. The van der Waals surface area contributed by atoms with Crippen molar-refractivity contribution in [2.75, 3.05) is 5.75 Å². The fourth-order valence-corrected chi connectivity index (χ4v) is 6.02. The fraction of sp³-hybridized carbons (Fsp3) is 0.333. The minimum absolute atomic E-state index is 0.0768. The number of thioether (sulfide) groups is 1. The number of nitrogens with zero attached hydrogens (tertiary/aromatic N) is 1. The van der Waals surface area contributed by atoms with Gasteiger partial charge < -0.3 is 14.8 Å². The molecule has 1 aliphatic heterocycles. The van der Waals surface area contributed by atoms with Crippen molar-refractivity contribution >= 4 is 33.2 Å². The van der Waals surface area contributed by atoms with E-state index in [1.807, 2.05) is 0 Å². The molecule has 2 N–H and O–H groups in total. The van der Waals surface area contributed by atoms with E-state index in [0.29, 0.717) is 0 Å². The molecule has 190 valence electrons. The van der Waals surface area contributed by atoms with E-state index < -0.39 is 49.8 Å². The lowest BCUT2D eigenvalue weighted by atomic mass is 9.96. The standard InChI is InChI=1S/C21H21F3N2O7S2/c1-20(2)18(25-19(28)34-20)17(26(29)12-27)11-35(30,31)16-9-7-14(8-10-16)32-13-3-5-15(6-4-13)33-21(22,23)24/h3-10,12,17-18,29H,11H2,1-2H3,(H,25,28)/t17-,18-/m0/s1. The average Bonchev–Trinajstić information content (AvgIpc) is 3.04. The summed E-state index contributed by atoms with van der Waals surface area (Å²) in [6, 6.07) is 7.73. The summed E-state index contributed by atoms with van der Waals surface area (Å²) in [7, 11) is -4.03. The number of rotatable bonds is 9. The Kier molecular flexibility index (Phi) is 7.57. The molecule has 0 unspecified atom stereocenters. The van der Waals surface area contributed by atoms with Crippen LogP contribution in [-0.4, -0.2) is 59.3 Å². The summed E-state index contributed by atoms with van der Waals surface area (Å²) in [5.41, 5.74) is 0. The summed E-state index contributed by atoms with van der Waals surface area (Å²) >= 11 is 0.936. The van der Waals surface area contributed by atoms with Crippen molar-refractivity contribution in [2.45, 2.75) is 41.9 Å². The Bertz CT molecular complexity index is 1170. The highest BCUT2D eigenvalue weighted by molar-refractivity contribution is 8.15. The van der Waals surface area contributed by atoms with Gasteiger partial charge in [0.25, 0.3) is 5.24 Å². The van der Waals surface area contributed by atoms with Gasteiger partial charge in [-0.2, -0.15) is 0 Å². The Morgan fingerprint density at radius 3 is 2.09 bits per heavy atom. The lowest BCUT2D eigenvalue weighted by Gasteiger charge is -2.34. The molecular formula is C21H21F3N2O7S2. The van der Waals surface area contributed by atoms with Crippen LogP contribution in [0.3, 0.4) is 0 Å². The number of alkyl halides is 3. The van der Waals surface area contributed by atoms with Crippen LogP contribution in [0.5, 0.6) is 17.2 Å². The molecule has 0 bridgehead atoms. The van der Waals surface area contributed by atoms with Gasteiger partial charge in [-0.1, -0.05) is 11.8 Å². The van der Waals surface area contributed by atoms with Crippen LogP contribution in [0, 0.1) is 0 Å². The number of carbonyl (C=O) groups is 2. The van der Waals surface area contributed by atoms with Crippen LogP contribution in [-0.2, 0) is 14.6 Å². The van der Waals surface area contributed by atoms with Crippen molar-refractivity contribution in [3.05, 3.63) is 48.5 Å². The van der Waals surface area contributed by atoms with Gasteiger partial charge in [-0.15, -0.1) is 13.2 Å². The first-order chi connectivity index (χ1) is 16.2. The smallest absolute Gasteiger partial charge is 0.457 e. The van der Waals surface area contributed by atoms with E-state index in [1.54, 1.807) is 13.8 Å². The van der Waals surface area contributed by atoms with Crippen molar-refractivity contribution < 1.29 is 45.9 Å². The Morgan fingerprint density at radius 1 is 1.11 bits per heavy atom. The third kappa shape index (κ3) is 6.80. The Balaban J connectivity index is 1.73. The van der Waals surface area contributed by atoms with Crippen molar-refractivity contribution in [2.24, 2.45) is 0 Å². The predicted molar refractivity (Wildman–Crippen MR) is 119 cm³/mol. The highest BCUT2D eigenvalue weighted by atomic mass is 32.2. The Labute approximate surface area is 203 Å². The van der Waals surface area contributed by atoms with Crippen LogP contribution in [0.2, 0.25) is 0 Å². The number of carbonyl (C=O) groups excluding carboxylic acids is 2. The lowest BCUT2D eigenvalue weighted by molar-refractivity contribution is -0.274. The molecule has 35 heavy (non-hydrogen) atoms. The highest BCUT2D eigenvalue weighted by Gasteiger charge is 2.48. The summed E-state index contributed by atoms with van der Waals surface area (Å²) in [6.45, 7) is 3.37. The monoisotopic (exact) mass is 534 g/mol. The molecule has 0 radical (unpaired) electrons. The van der Waals surface area contributed by atoms with E-state index in [0.717, 1.165) is 23.9 Å². The first-order valence-corrected chi connectivity index (χ1v) is 12.5. The number of hydrogen-bond acceptors (Lipinski definition) is 8. The molecule has 3 rings (SSSR count). The molecule has 2 aromatic carbocycles. The molecule has 2 aromatic rings. The Hall–Kier alpha value is -2.97. The van der Waals surface area contributed by atoms with E-state index in [-0.39, 0.29) is 27.9 Å². The third-order valence-electron chi connectivity index (χ3n) is 5.08. The van der Waals surface area contributed by atoms with E-state index in [1.165, 1.54) is 36.4 Å². The van der Waals surface area contributed by atoms with E-state index >= 15 is 0 Å². The molecule has 9 nitrogen and oxygen atoms in total. The molecule has 2 atom stereocenters.